The van der Waals surface area contributed by atoms with E-state index in [2.05, 4.69) is 19.8 Å². The lowest BCUT2D eigenvalue weighted by molar-refractivity contribution is -0.383. The maximum Gasteiger partial charge on any atom is 0.278 e. The maximum atomic E-state index is 11.3. The molecule has 7 nitrogen and oxygen atoms in total. The second-order valence-corrected chi connectivity index (χ2v) is 6.37. The molecule has 132 valence electrons. The predicted molar refractivity (Wildman–Crippen MR) is 100 cm³/mol. The summed E-state index contributed by atoms with van der Waals surface area (Å²) in [6, 6.07) is 11.3. The Morgan fingerprint density at radius 1 is 1.00 bits per heavy atom. The minimum atomic E-state index is -0.349. The number of anilines is 1. The molecule has 0 radical (unpaired) electrons. The van der Waals surface area contributed by atoms with Crippen LogP contribution in [0.4, 0.5) is 11.4 Å². The molecule has 4 rings (SSSR count). The van der Waals surface area contributed by atoms with Gasteiger partial charge in [0.2, 0.25) is 0 Å². The highest BCUT2D eigenvalue weighted by Gasteiger charge is 2.21. The van der Waals surface area contributed by atoms with Crippen LogP contribution in [0.3, 0.4) is 0 Å². The molecule has 0 bridgehead atoms. The molecule has 1 aromatic carbocycles. The summed E-state index contributed by atoms with van der Waals surface area (Å²) in [7, 11) is 0. The smallest absolute Gasteiger partial charge is 0.278 e. The van der Waals surface area contributed by atoms with Gasteiger partial charge in [0.05, 0.1) is 16.0 Å². The van der Waals surface area contributed by atoms with Gasteiger partial charge >= 0.3 is 0 Å². The summed E-state index contributed by atoms with van der Waals surface area (Å²) in [6.07, 6.45) is 5.09. The lowest BCUT2D eigenvalue weighted by atomic mass is 10.1. The van der Waals surface area contributed by atoms with Crippen LogP contribution in [-0.4, -0.2) is 46.0 Å². The highest BCUT2D eigenvalue weighted by molar-refractivity contribution is 5.99. The van der Waals surface area contributed by atoms with Gasteiger partial charge in [-0.2, -0.15) is 0 Å². The van der Waals surface area contributed by atoms with Crippen LogP contribution >= 0.6 is 0 Å². The van der Waals surface area contributed by atoms with Crippen LogP contribution in [0.5, 0.6) is 0 Å². The number of benzene rings is 1. The number of fused-ring (bicyclic) bond motifs is 1. The molecule has 0 atom stereocenters. The fourth-order valence-electron chi connectivity index (χ4n) is 3.46. The van der Waals surface area contributed by atoms with Gasteiger partial charge in [-0.05, 0) is 24.3 Å². The van der Waals surface area contributed by atoms with Crippen molar-refractivity contribution in [3.63, 3.8) is 0 Å². The monoisotopic (exact) mass is 349 g/mol. The summed E-state index contributed by atoms with van der Waals surface area (Å²) in [5, 5.41) is 12.7. The molecule has 1 aliphatic rings. The third-order valence-electron chi connectivity index (χ3n) is 4.79. The molecule has 7 heteroatoms. The van der Waals surface area contributed by atoms with Crippen LogP contribution in [0.15, 0.2) is 55.0 Å². The Morgan fingerprint density at radius 3 is 2.58 bits per heavy atom. The highest BCUT2D eigenvalue weighted by atomic mass is 16.6. The number of nitro groups is 1. The number of piperazine rings is 1. The zero-order valence-corrected chi connectivity index (χ0v) is 14.3. The summed E-state index contributed by atoms with van der Waals surface area (Å²) < 4.78 is 0. The summed E-state index contributed by atoms with van der Waals surface area (Å²) in [5.41, 5.74) is 2.21. The Bertz CT molecular complexity index is 924. The number of hydrogen-bond acceptors (Lipinski definition) is 6. The lowest BCUT2D eigenvalue weighted by Crippen LogP contribution is -2.46. The molecule has 0 amide bonds. The van der Waals surface area contributed by atoms with E-state index in [1.807, 2.05) is 36.5 Å². The fraction of sp³-hybridized carbons (Fsp3) is 0.263. The van der Waals surface area contributed by atoms with Crippen molar-refractivity contribution < 1.29 is 4.92 Å². The Morgan fingerprint density at radius 2 is 1.85 bits per heavy atom. The van der Waals surface area contributed by atoms with Crippen molar-refractivity contribution >= 4 is 22.1 Å². The number of nitro benzene ring substituents is 1. The maximum absolute atomic E-state index is 11.3. The van der Waals surface area contributed by atoms with Crippen LogP contribution < -0.4 is 4.90 Å². The standard InChI is InChI=1S/C19H19N5O2/c25-24(26)19-5-4-18(16-6-8-20-13-17(16)19)23-11-9-22(10-12-23)14-15-3-1-2-7-21-15/h1-8,13H,9-12,14H2. The van der Waals surface area contributed by atoms with E-state index in [0.29, 0.717) is 5.39 Å². The van der Waals surface area contributed by atoms with Crippen molar-refractivity contribution in [3.8, 4) is 0 Å². The van der Waals surface area contributed by atoms with E-state index in [9.17, 15) is 10.1 Å². The number of non-ortho nitro benzene ring substituents is 1. The molecule has 3 heterocycles. The van der Waals surface area contributed by atoms with Crippen LogP contribution in [-0.2, 0) is 6.54 Å². The van der Waals surface area contributed by atoms with E-state index in [-0.39, 0.29) is 10.6 Å². The molecule has 26 heavy (non-hydrogen) atoms. The van der Waals surface area contributed by atoms with Crippen molar-refractivity contribution in [2.45, 2.75) is 6.54 Å². The zero-order valence-electron chi connectivity index (χ0n) is 14.3. The molecule has 3 aromatic rings. The first kappa shape index (κ1) is 16.4. The number of nitrogens with zero attached hydrogens (tertiary/aromatic N) is 5. The Labute approximate surface area is 151 Å². The van der Waals surface area contributed by atoms with E-state index >= 15 is 0 Å². The van der Waals surface area contributed by atoms with Crippen LogP contribution in [0.25, 0.3) is 10.8 Å². The van der Waals surface area contributed by atoms with Crippen LogP contribution in [0.1, 0.15) is 5.69 Å². The fourth-order valence-corrected chi connectivity index (χ4v) is 3.46. The average molecular weight is 349 g/mol. The Hall–Kier alpha value is -3.06. The molecule has 1 fully saturated rings. The molecule has 1 aliphatic heterocycles. The van der Waals surface area contributed by atoms with Gasteiger partial charge in [-0.15, -0.1) is 0 Å². The predicted octanol–water partition coefficient (Wildman–Crippen LogP) is 2.86. The number of rotatable bonds is 4. The van der Waals surface area contributed by atoms with E-state index in [1.54, 1.807) is 18.5 Å². The lowest BCUT2D eigenvalue weighted by Gasteiger charge is -2.36. The van der Waals surface area contributed by atoms with E-state index in [1.165, 1.54) is 0 Å². The number of hydrogen-bond donors (Lipinski definition) is 0. The molecular weight excluding hydrogens is 330 g/mol. The minimum absolute atomic E-state index is 0.102. The first-order valence-electron chi connectivity index (χ1n) is 8.61. The summed E-state index contributed by atoms with van der Waals surface area (Å²) in [6.45, 7) is 4.46. The molecule has 0 spiro atoms. The van der Waals surface area contributed by atoms with Crippen molar-refractivity contribution in [1.29, 1.82) is 0 Å². The SMILES string of the molecule is O=[N+]([O-])c1ccc(N2CCN(Cc3ccccn3)CC2)c2ccncc12. The van der Waals surface area contributed by atoms with Gasteiger partial charge in [-0.3, -0.25) is 25.0 Å². The first-order chi connectivity index (χ1) is 12.7. The zero-order chi connectivity index (χ0) is 17.9. The minimum Gasteiger partial charge on any atom is -0.368 e. The van der Waals surface area contributed by atoms with E-state index in [0.717, 1.165) is 49.5 Å². The van der Waals surface area contributed by atoms with Gasteiger partial charge in [-0.1, -0.05) is 6.07 Å². The highest BCUT2D eigenvalue weighted by Crippen LogP contribution is 2.33. The summed E-state index contributed by atoms with van der Waals surface area (Å²) in [5.74, 6) is 0. The Balaban J connectivity index is 1.53. The molecule has 0 unspecified atom stereocenters. The molecule has 0 aliphatic carbocycles. The van der Waals surface area contributed by atoms with Crippen LogP contribution in [0.2, 0.25) is 0 Å². The van der Waals surface area contributed by atoms with Gasteiger partial charge in [-0.25, -0.2) is 0 Å². The molecule has 0 saturated carbocycles. The second kappa shape index (κ2) is 7.05. The van der Waals surface area contributed by atoms with Crippen molar-refractivity contribution in [2.75, 3.05) is 31.1 Å². The third-order valence-corrected chi connectivity index (χ3v) is 4.79. The van der Waals surface area contributed by atoms with Crippen LogP contribution in [0, 0.1) is 10.1 Å². The van der Waals surface area contributed by atoms with E-state index < -0.39 is 0 Å². The molecule has 0 N–H and O–H groups in total. The normalized spacial score (nSPS) is 15.3. The largest absolute Gasteiger partial charge is 0.368 e. The van der Waals surface area contributed by atoms with Crippen molar-refractivity contribution in [3.05, 3.63) is 70.8 Å². The van der Waals surface area contributed by atoms with E-state index in [4.69, 9.17) is 0 Å². The number of pyridine rings is 2. The summed E-state index contributed by atoms with van der Waals surface area (Å²) in [4.78, 5) is 24.1. The second-order valence-electron chi connectivity index (χ2n) is 6.37. The molecule has 2 aromatic heterocycles. The average Bonchev–Trinajstić information content (AvgIpc) is 2.68. The first-order valence-corrected chi connectivity index (χ1v) is 8.61. The van der Waals surface area contributed by atoms with Gasteiger partial charge in [0, 0.05) is 68.5 Å². The van der Waals surface area contributed by atoms with Gasteiger partial charge in [0.1, 0.15) is 0 Å². The van der Waals surface area contributed by atoms with Crippen molar-refractivity contribution in [2.24, 2.45) is 0 Å². The Kier molecular flexibility index (Phi) is 4.45. The number of aromatic nitrogens is 2. The van der Waals surface area contributed by atoms with Gasteiger partial charge < -0.3 is 4.90 Å². The van der Waals surface area contributed by atoms with Gasteiger partial charge in [0.25, 0.3) is 5.69 Å². The quantitative estimate of drug-likeness (QED) is 0.532. The molecular formula is C19H19N5O2. The summed E-state index contributed by atoms with van der Waals surface area (Å²) >= 11 is 0. The topological polar surface area (TPSA) is 75.4 Å². The van der Waals surface area contributed by atoms with Gasteiger partial charge in [0.15, 0.2) is 0 Å². The molecule has 1 saturated heterocycles. The van der Waals surface area contributed by atoms with Crippen molar-refractivity contribution in [1.82, 2.24) is 14.9 Å². The third kappa shape index (κ3) is 3.21.